The Hall–Kier alpha value is -4.30. The normalized spacial score (nSPS) is 11.6. The molecule has 0 aliphatic heterocycles. The number of rotatable bonds is 10. The SMILES string of the molecule is Cc1cccc(OCC(=O)N[C@H](Cc2c[nH]c3ccccc23)C(=O)OCC(=O)Nc2ccc(C)c(Cl)c2)c1. The van der Waals surface area contributed by atoms with Crippen LogP contribution in [0.5, 0.6) is 5.75 Å². The Morgan fingerprint density at radius 1 is 0.947 bits per heavy atom. The van der Waals surface area contributed by atoms with Gasteiger partial charge in [-0.15, -0.1) is 0 Å². The summed E-state index contributed by atoms with van der Waals surface area (Å²) in [6, 6.07) is 19.0. The maximum atomic E-state index is 13.0. The summed E-state index contributed by atoms with van der Waals surface area (Å²) < 4.78 is 10.9. The van der Waals surface area contributed by atoms with E-state index in [4.69, 9.17) is 21.1 Å². The van der Waals surface area contributed by atoms with E-state index in [0.29, 0.717) is 16.5 Å². The van der Waals surface area contributed by atoms with Gasteiger partial charge < -0.3 is 25.1 Å². The van der Waals surface area contributed by atoms with Gasteiger partial charge in [-0.3, -0.25) is 9.59 Å². The number of halogens is 1. The lowest BCUT2D eigenvalue weighted by atomic mass is 10.0. The molecule has 9 heteroatoms. The predicted molar refractivity (Wildman–Crippen MR) is 146 cm³/mol. The Bertz CT molecular complexity index is 1470. The Labute approximate surface area is 225 Å². The van der Waals surface area contributed by atoms with Crippen molar-refractivity contribution in [2.24, 2.45) is 0 Å². The van der Waals surface area contributed by atoms with Crippen molar-refractivity contribution in [1.82, 2.24) is 10.3 Å². The van der Waals surface area contributed by atoms with E-state index < -0.39 is 30.4 Å². The lowest BCUT2D eigenvalue weighted by Gasteiger charge is -2.18. The van der Waals surface area contributed by atoms with Crippen LogP contribution in [0, 0.1) is 13.8 Å². The molecule has 0 radical (unpaired) electrons. The number of aryl methyl sites for hydroxylation is 2. The maximum Gasteiger partial charge on any atom is 0.329 e. The molecule has 4 rings (SSSR count). The topological polar surface area (TPSA) is 110 Å². The van der Waals surface area contributed by atoms with Crippen molar-refractivity contribution in [3.05, 3.63) is 94.6 Å². The number of anilines is 1. The first-order valence-corrected chi connectivity index (χ1v) is 12.4. The summed E-state index contributed by atoms with van der Waals surface area (Å²) in [6.07, 6.45) is 1.95. The minimum atomic E-state index is -1.04. The molecule has 3 N–H and O–H groups in total. The van der Waals surface area contributed by atoms with Crippen LogP contribution in [-0.2, 0) is 25.5 Å². The molecule has 196 valence electrons. The first-order valence-electron chi connectivity index (χ1n) is 12.0. The number of aromatic amines is 1. The number of hydrogen-bond donors (Lipinski definition) is 3. The van der Waals surface area contributed by atoms with Crippen LogP contribution in [0.2, 0.25) is 5.02 Å². The zero-order valence-electron chi connectivity index (χ0n) is 21.0. The second kappa shape index (κ2) is 12.3. The molecule has 3 aromatic carbocycles. The second-order valence-corrected chi connectivity index (χ2v) is 9.32. The Kier molecular flexibility index (Phi) is 8.66. The Morgan fingerprint density at radius 3 is 2.55 bits per heavy atom. The average molecular weight is 534 g/mol. The van der Waals surface area contributed by atoms with Crippen LogP contribution in [0.3, 0.4) is 0 Å². The predicted octanol–water partition coefficient (Wildman–Crippen LogP) is 4.73. The first kappa shape index (κ1) is 26.8. The number of carbonyl (C=O) groups is 3. The number of benzene rings is 3. The van der Waals surface area contributed by atoms with Crippen molar-refractivity contribution in [1.29, 1.82) is 0 Å². The summed E-state index contributed by atoms with van der Waals surface area (Å²) in [6.45, 7) is 2.97. The molecule has 4 aromatic rings. The standard InChI is InChI=1S/C29H28ClN3O5/c1-18-6-5-7-22(12-18)37-16-28(35)33-26(13-20-15-31-25-9-4-3-8-23(20)25)29(36)38-17-27(34)32-21-11-10-19(2)24(30)14-21/h3-12,14-15,26,31H,13,16-17H2,1-2H3,(H,32,34)(H,33,35)/t26-/m1/s1. The fraction of sp³-hybridized carbons (Fsp3) is 0.207. The Balaban J connectivity index is 1.41. The van der Waals surface area contributed by atoms with Crippen LogP contribution < -0.4 is 15.4 Å². The molecule has 0 saturated heterocycles. The molecule has 0 aliphatic rings. The van der Waals surface area contributed by atoms with Crippen molar-refractivity contribution in [2.75, 3.05) is 18.5 Å². The largest absolute Gasteiger partial charge is 0.484 e. The monoisotopic (exact) mass is 533 g/mol. The smallest absolute Gasteiger partial charge is 0.329 e. The van der Waals surface area contributed by atoms with Crippen LogP contribution in [0.4, 0.5) is 5.69 Å². The molecule has 38 heavy (non-hydrogen) atoms. The van der Waals surface area contributed by atoms with Gasteiger partial charge in [0.2, 0.25) is 0 Å². The highest BCUT2D eigenvalue weighted by atomic mass is 35.5. The Morgan fingerprint density at radius 2 is 1.76 bits per heavy atom. The van der Waals surface area contributed by atoms with Gasteiger partial charge in [-0.2, -0.15) is 0 Å². The molecule has 1 aromatic heterocycles. The van der Waals surface area contributed by atoms with E-state index in [0.717, 1.165) is 27.6 Å². The molecule has 0 fully saturated rings. The molecule has 0 spiro atoms. The van der Waals surface area contributed by atoms with E-state index in [1.165, 1.54) is 0 Å². The quantitative estimate of drug-likeness (QED) is 0.255. The molecule has 8 nitrogen and oxygen atoms in total. The van der Waals surface area contributed by atoms with Crippen LogP contribution in [-0.4, -0.2) is 42.0 Å². The van der Waals surface area contributed by atoms with Gasteiger partial charge in [0, 0.05) is 34.2 Å². The molecule has 0 unspecified atom stereocenters. The molecule has 0 aliphatic carbocycles. The van der Waals surface area contributed by atoms with Crippen LogP contribution in [0.15, 0.2) is 72.9 Å². The van der Waals surface area contributed by atoms with Gasteiger partial charge in [-0.1, -0.05) is 48.0 Å². The number of fused-ring (bicyclic) bond motifs is 1. The van der Waals surface area contributed by atoms with E-state index in [1.54, 1.807) is 30.5 Å². The highest BCUT2D eigenvalue weighted by Crippen LogP contribution is 2.21. The van der Waals surface area contributed by atoms with Crippen LogP contribution in [0.25, 0.3) is 10.9 Å². The molecular formula is C29H28ClN3O5. The van der Waals surface area contributed by atoms with E-state index in [2.05, 4.69) is 15.6 Å². The lowest BCUT2D eigenvalue weighted by molar-refractivity contribution is -0.150. The number of nitrogens with one attached hydrogen (secondary N) is 3. The fourth-order valence-corrected chi connectivity index (χ4v) is 4.09. The number of ether oxygens (including phenoxy) is 2. The maximum absolute atomic E-state index is 13.0. The van der Waals surface area contributed by atoms with Crippen molar-refractivity contribution >= 4 is 46.0 Å². The minimum Gasteiger partial charge on any atom is -0.484 e. The number of H-pyrrole nitrogens is 1. The highest BCUT2D eigenvalue weighted by Gasteiger charge is 2.25. The highest BCUT2D eigenvalue weighted by molar-refractivity contribution is 6.31. The van der Waals surface area contributed by atoms with Gasteiger partial charge in [0.05, 0.1) is 0 Å². The van der Waals surface area contributed by atoms with Crippen molar-refractivity contribution in [3.63, 3.8) is 0 Å². The van der Waals surface area contributed by atoms with Gasteiger partial charge >= 0.3 is 5.97 Å². The fourth-order valence-electron chi connectivity index (χ4n) is 3.91. The zero-order valence-corrected chi connectivity index (χ0v) is 21.8. The first-order chi connectivity index (χ1) is 18.3. The number of esters is 1. The van der Waals surface area contributed by atoms with E-state index >= 15 is 0 Å². The van der Waals surface area contributed by atoms with Gasteiger partial charge in [0.25, 0.3) is 11.8 Å². The summed E-state index contributed by atoms with van der Waals surface area (Å²) >= 11 is 6.11. The van der Waals surface area contributed by atoms with E-state index in [9.17, 15) is 14.4 Å². The number of aromatic nitrogens is 1. The molecule has 2 amide bonds. The molecular weight excluding hydrogens is 506 g/mol. The summed E-state index contributed by atoms with van der Waals surface area (Å²) in [5, 5.41) is 6.76. The summed E-state index contributed by atoms with van der Waals surface area (Å²) in [4.78, 5) is 41.3. The van der Waals surface area contributed by atoms with Gasteiger partial charge in [0.1, 0.15) is 11.8 Å². The van der Waals surface area contributed by atoms with Crippen molar-refractivity contribution in [2.45, 2.75) is 26.3 Å². The zero-order chi connectivity index (χ0) is 27.1. The number of hydrogen-bond acceptors (Lipinski definition) is 5. The van der Waals surface area contributed by atoms with Gasteiger partial charge in [-0.05, 0) is 60.9 Å². The van der Waals surface area contributed by atoms with Crippen LogP contribution in [0.1, 0.15) is 16.7 Å². The molecule has 0 bridgehead atoms. The van der Waals surface area contributed by atoms with E-state index in [1.807, 2.05) is 56.3 Å². The third kappa shape index (κ3) is 7.14. The average Bonchev–Trinajstić information content (AvgIpc) is 3.30. The summed E-state index contributed by atoms with van der Waals surface area (Å²) in [5.41, 5.74) is 4.08. The second-order valence-electron chi connectivity index (χ2n) is 8.91. The van der Waals surface area contributed by atoms with Gasteiger partial charge in [0.15, 0.2) is 13.2 Å². The van der Waals surface area contributed by atoms with Crippen molar-refractivity contribution < 1.29 is 23.9 Å². The molecule has 0 saturated carbocycles. The summed E-state index contributed by atoms with van der Waals surface area (Å²) in [5.74, 6) is -1.22. The van der Waals surface area contributed by atoms with Gasteiger partial charge in [-0.25, -0.2) is 4.79 Å². The molecule has 1 heterocycles. The number of para-hydroxylation sites is 1. The van der Waals surface area contributed by atoms with Crippen molar-refractivity contribution in [3.8, 4) is 5.75 Å². The lowest BCUT2D eigenvalue weighted by Crippen LogP contribution is -2.45. The summed E-state index contributed by atoms with van der Waals surface area (Å²) in [7, 11) is 0. The minimum absolute atomic E-state index is 0.161. The van der Waals surface area contributed by atoms with E-state index in [-0.39, 0.29) is 13.0 Å². The molecule has 1 atom stereocenters. The number of carbonyl (C=O) groups excluding carboxylic acids is 3. The van der Waals surface area contributed by atoms with Crippen LogP contribution >= 0.6 is 11.6 Å². The number of amides is 2. The third-order valence-electron chi connectivity index (χ3n) is 5.88. The third-order valence-corrected chi connectivity index (χ3v) is 6.29.